The van der Waals surface area contributed by atoms with E-state index in [9.17, 15) is 4.79 Å². The maximum Gasteiger partial charge on any atom is 0.251 e. The van der Waals surface area contributed by atoms with Crippen LogP contribution in [-0.4, -0.2) is 18.5 Å². The average molecular weight is 270 g/mol. The molecule has 0 aromatic heterocycles. The van der Waals surface area contributed by atoms with E-state index in [4.69, 9.17) is 5.73 Å². The zero-order valence-corrected chi connectivity index (χ0v) is 12.2. The van der Waals surface area contributed by atoms with Crippen LogP contribution in [0.1, 0.15) is 47.7 Å². The van der Waals surface area contributed by atoms with Gasteiger partial charge in [0.25, 0.3) is 5.91 Å². The maximum absolute atomic E-state index is 12.2. The first-order valence-corrected chi connectivity index (χ1v) is 7.22. The van der Waals surface area contributed by atoms with Gasteiger partial charge in [-0.1, -0.05) is 18.3 Å². The predicted molar refractivity (Wildman–Crippen MR) is 81.4 cm³/mol. The summed E-state index contributed by atoms with van der Waals surface area (Å²) in [6, 6.07) is 5.87. The van der Waals surface area contributed by atoms with E-state index in [0.717, 1.165) is 11.1 Å². The van der Waals surface area contributed by atoms with Crippen LogP contribution in [0.3, 0.4) is 0 Å². The molecule has 0 radical (unpaired) electrons. The number of benzene rings is 1. The van der Waals surface area contributed by atoms with Gasteiger partial charge in [0.05, 0.1) is 6.54 Å². The number of nitrogens with one attached hydrogen (secondary N) is 1. The molecular weight excluding hydrogens is 248 g/mol. The lowest BCUT2D eigenvalue weighted by atomic mass is 9.80. The standard InChI is InChI=1S/C17H22N2O/c1-12-11-16(9-8-14(12)7-4-10-18)17(20)19-13(2)15-5-3-6-15/h8-9,11,13,15H,3,5-6,10,18H2,1-2H3,(H,19,20). The fourth-order valence-corrected chi connectivity index (χ4v) is 2.44. The molecule has 3 heteroatoms. The molecule has 1 aromatic carbocycles. The molecule has 1 saturated carbocycles. The Kier molecular flexibility index (Phi) is 4.81. The highest BCUT2D eigenvalue weighted by Crippen LogP contribution is 2.29. The predicted octanol–water partition coefficient (Wildman–Crippen LogP) is 2.22. The van der Waals surface area contributed by atoms with Crippen molar-refractivity contribution in [3.05, 3.63) is 34.9 Å². The number of rotatable bonds is 3. The highest BCUT2D eigenvalue weighted by atomic mass is 16.1. The lowest BCUT2D eigenvalue weighted by molar-refractivity contribution is 0.0909. The first-order valence-electron chi connectivity index (χ1n) is 7.22. The van der Waals surface area contributed by atoms with Crippen LogP contribution in [0.15, 0.2) is 18.2 Å². The number of hydrogen-bond donors (Lipinski definition) is 2. The summed E-state index contributed by atoms with van der Waals surface area (Å²) < 4.78 is 0. The van der Waals surface area contributed by atoms with E-state index in [1.54, 1.807) is 0 Å². The van der Waals surface area contributed by atoms with Crippen LogP contribution in [0.5, 0.6) is 0 Å². The van der Waals surface area contributed by atoms with Crippen molar-refractivity contribution in [3.8, 4) is 11.8 Å². The van der Waals surface area contributed by atoms with Crippen molar-refractivity contribution in [3.63, 3.8) is 0 Å². The molecule has 1 amide bonds. The molecule has 1 aliphatic carbocycles. The van der Waals surface area contributed by atoms with E-state index < -0.39 is 0 Å². The summed E-state index contributed by atoms with van der Waals surface area (Å²) in [4.78, 5) is 12.2. The zero-order valence-electron chi connectivity index (χ0n) is 12.2. The van der Waals surface area contributed by atoms with Gasteiger partial charge in [0.15, 0.2) is 0 Å². The highest BCUT2D eigenvalue weighted by molar-refractivity contribution is 5.94. The van der Waals surface area contributed by atoms with Gasteiger partial charge in [-0.25, -0.2) is 0 Å². The van der Waals surface area contributed by atoms with Gasteiger partial charge in [0.2, 0.25) is 0 Å². The second-order valence-corrected chi connectivity index (χ2v) is 5.49. The summed E-state index contributed by atoms with van der Waals surface area (Å²) >= 11 is 0. The van der Waals surface area contributed by atoms with Gasteiger partial charge >= 0.3 is 0 Å². The quantitative estimate of drug-likeness (QED) is 0.828. The van der Waals surface area contributed by atoms with Gasteiger partial charge < -0.3 is 11.1 Å². The van der Waals surface area contributed by atoms with Crippen LogP contribution in [0, 0.1) is 24.7 Å². The van der Waals surface area contributed by atoms with Crippen LogP contribution in [-0.2, 0) is 0 Å². The van der Waals surface area contributed by atoms with Gasteiger partial charge in [-0.05, 0) is 56.4 Å². The molecule has 20 heavy (non-hydrogen) atoms. The molecule has 0 saturated heterocycles. The molecule has 2 rings (SSSR count). The molecule has 106 valence electrons. The topological polar surface area (TPSA) is 55.1 Å². The number of nitrogens with two attached hydrogens (primary N) is 1. The van der Waals surface area contributed by atoms with E-state index in [-0.39, 0.29) is 11.9 Å². The lowest BCUT2D eigenvalue weighted by Crippen LogP contribution is -2.40. The second-order valence-electron chi connectivity index (χ2n) is 5.49. The normalized spacial score (nSPS) is 15.8. The SMILES string of the molecule is Cc1cc(C(=O)NC(C)C2CCC2)ccc1C#CCN. The molecule has 1 atom stereocenters. The molecule has 0 bridgehead atoms. The molecular formula is C17H22N2O. The Labute approximate surface area is 120 Å². The summed E-state index contributed by atoms with van der Waals surface area (Å²) in [5, 5.41) is 3.09. The van der Waals surface area contributed by atoms with Crippen molar-refractivity contribution in [2.45, 2.75) is 39.2 Å². The molecule has 1 fully saturated rings. The van der Waals surface area contributed by atoms with Gasteiger partial charge in [0, 0.05) is 17.2 Å². The van der Waals surface area contributed by atoms with Crippen molar-refractivity contribution in [2.75, 3.05) is 6.54 Å². The van der Waals surface area contributed by atoms with E-state index in [0.29, 0.717) is 18.0 Å². The smallest absolute Gasteiger partial charge is 0.251 e. The molecule has 1 aromatic rings. The average Bonchev–Trinajstić information content (AvgIpc) is 2.35. The molecule has 3 nitrogen and oxygen atoms in total. The van der Waals surface area contributed by atoms with Crippen LogP contribution < -0.4 is 11.1 Å². The molecule has 0 heterocycles. The van der Waals surface area contributed by atoms with Crippen molar-refractivity contribution in [1.82, 2.24) is 5.32 Å². The first kappa shape index (κ1) is 14.6. The number of hydrogen-bond acceptors (Lipinski definition) is 2. The Morgan fingerprint density at radius 2 is 2.25 bits per heavy atom. The van der Waals surface area contributed by atoms with Crippen LogP contribution in [0.25, 0.3) is 0 Å². The molecule has 1 unspecified atom stereocenters. The Morgan fingerprint density at radius 1 is 1.50 bits per heavy atom. The summed E-state index contributed by atoms with van der Waals surface area (Å²) in [5.41, 5.74) is 8.01. The van der Waals surface area contributed by atoms with Gasteiger partial charge in [-0.2, -0.15) is 0 Å². The van der Waals surface area contributed by atoms with Crippen LogP contribution >= 0.6 is 0 Å². The number of carbonyl (C=O) groups is 1. The summed E-state index contributed by atoms with van der Waals surface area (Å²) in [6.45, 7) is 4.41. The lowest BCUT2D eigenvalue weighted by Gasteiger charge is -2.31. The Morgan fingerprint density at radius 3 is 2.80 bits per heavy atom. The summed E-state index contributed by atoms with van der Waals surface area (Å²) in [5.74, 6) is 6.50. The van der Waals surface area contributed by atoms with E-state index >= 15 is 0 Å². The van der Waals surface area contributed by atoms with Crippen LogP contribution in [0.4, 0.5) is 0 Å². The largest absolute Gasteiger partial charge is 0.349 e. The van der Waals surface area contributed by atoms with Crippen molar-refractivity contribution >= 4 is 5.91 Å². The third-order valence-corrected chi connectivity index (χ3v) is 4.03. The minimum atomic E-state index is 0.00540. The number of carbonyl (C=O) groups excluding carboxylic acids is 1. The van der Waals surface area contributed by atoms with Gasteiger partial charge in [0.1, 0.15) is 0 Å². The highest BCUT2D eigenvalue weighted by Gasteiger charge is 2.25. The Balaban J connectivity index is 2.04. The van der Waals surface area contributed by atoms with E-state index in [1.807, 2.05) is 25.1 Å². The summed E-state index contributed by atoms with van der Waals surface area (Å²) in [6.07, 6.45) is 3.75. The molecule has 3 N–H and O–H groups in total. The van der Waals surface area contributed by atoms with E-state index in [2.05, 4.69) is 24.1 Å². The minimum Gasteiger partial charge on any atom is -0.349 e. The first-order chi connectivity index (χ1) is 9.61. The van der Waals surface area contributed by atoms with Crippen molar-refractivity contribution in [1.29, 1.82) is 0 Å². The third kappa shape index (κ3) is 3.40. The number of aryl methyl sites for hydroxylation is 1. The van der Waals surface area contributed by atoms with Gasteiger partial charge in [-0.15, -0.1) is 0 Å². The van der Waals surface area contributed by atoms with Crippen molar-refractivity contribution < 1.29 is 4.79 Å². The Bertz CT molecular complexity index is 550. The van der Waals surface area contributed by atoms with Crippen molar-refractivity contribution in [2.24, 2.45) is 11.7 Å². The fraction of sp³-hybridized carbons (Fsp3) is 0.471. The third-order valence-electron chi connectivity index (χ3n) is 4.03. The maximum atomic E-state index is 12.2. The second kappa shape index (κ2) is 6.58. The molecule has 0 aliphatic heterocycles. The Hall–Kier alpha value is -1.79. The monoisotopic (exact) mass is 270 g/mol. The van der Waals surface area contributed by atoms with Gasteiger partial charge in [-0.3, -0.25) is 4.79 Å². The zero-order chi connectivity index (χ0) is 14.5. The summed E-state index contributed by atoms with van der Waals surface area (Å²) in [7, 11) is 0. The van der Waals surface area contributed by atoms with E-state index in [1.165, 1.54) is 19.3 Å². The number of amides is 1. The minimum absolute atomic E-state index is 0.00540. The molecule has 0 spiro atoms. The van der Waals surface area contributed by atoms with Crippen LogP contribution in [0.2, 0.25) is 0 Å². The fourth-order valence-electron chi connectivity index (χ4n) is 2.44. The molecule has 1 aliphatic rings.